The van der Waals surface area contributed by atoms with Gasteiger partial charge in [-0.05, 0) is 43.8 Å². The Bertz CT molecular complexity index is 674. The summed E-state index contributed by atoms with van der Waals surface area (Å²) >= 11 is 0. The molecular weight excluding hydrogens is 275 g/mol. The van der Waals surface area contributed by atoms with Crippen LogP contribution in [0.15, 0.2) is 36.4 Å². The van der Waals surface area contributed by atoms with Crippen LogP contribution >= 0.6 is 0 Å². The zero-order valence-electron chi connectivity index (χ0n) is 11.7. The molecule has 0 saturated heterocycles. The van der Waals surface area contributed by atoms with E-state index in [4.69, 9.17) is 4.74 Å². The van der Waals surface area contributed by atoms with Gasteiger partial charge in [-0.15, -0.1) is 0 Å². The fraction of sp³-hybridized carbons (Fsp3) is 0.200. The third kappa shape index (κ3) is 3.55. The SMILES string of the molecule is CNCc1cc(F)ccc1Oc1cc([N+](=O)[O-])ccc1C. The largest absolute Gasteiger partial charge is 0.456 e. The molecule has 0 aliphatic rings. The lowest BCUT2D eigenvalue weighted by molar-refractivity contribution is -0.384. The monoisotopic (exact) mass is 290 g/mol. The molecule has 0 unspecified atom stereocenters. The van der Waals surface area contributed by atoms with Crippen molar-refractivity contribution in [1.29, 1.82) is 0 Å². The van der Waals surface area contributed by atoms with E-state index in [1.807, 2.05) is 0 Å². The molecule has 0 radical (unpaired) electrons. The summed E-state index contributed by atoms with van der Waals surface area (Å²) in [5, 5.41) is 13.7. The number of halogens is 1. The average molecular weight is 290 g/mol. The summed E-state index contributed by atoms with van der Waals surface area (Å²) in [6, 6.07) is 8.58. The molecule has 5 nitrogen and oxygen atoms in total. The minimum absolute atomic E-state index is 0.0483. The number of nitro groups is 1. The van der Waals surface area contributed by atoms with E-state index in [2.05, 4.69) is 5.32 Å². The van der Waals surface area contributed by atoms with Gasteiger partial charge in [0.15, 0.2) is 0 Å². The maximum atomic E-state index is 13.3. The van der Waals surface area contributed by atoms with Crippen LogP contribution in [-0.4, -0.2) is 12.0 Å². The van der Waals surface area contributed by atoms with Crippen molar-refractivity contribution in [1.82, 2.24) is 5.32 Å². The number of rotatable bonds is 5. The van der Waals surface area contributed by atoms with Gasteiger partial charge in [0.1, 0.15) is 17.3 Å². The molecule has 0 fully saturated rings. The number of hydrogen-bond acceptors (Lipinski definition) is 4. The lowest BCUT2D eigenvalue weighted by atomic mass is 10.1. The number of aryl methyl sites for hydroxylation is 1. The summed E-state index contributed by atoms with van der Waals surface area (Å²) in [4.78, 5) is 10.3. The second-order valence-corrected chi connectivity index (χ2v) is 4.59. The van der Waals surface area contributed by atoms with E-state index < -0.39 is 4.92 Å². The predicted molar refractivity (Wildman–Crippen MR) is 77.1 cm³/mol. The maximum Gasteiger partial charge on any atom is 0.273 e. The smallest absolute Gasteiger partial charge is 0.273 e. The molecule has 0 aliphatic heterocycles. The normalized spacial score (nSPS) is 10.4. The predicted octanol–water partition coefficient (Wildman–Crippen LogP) is 3.55. The van der Waals surface area contributed by atoms with Crippen LogP contribution in [0.1, 0.15) is 11.1 Å². The molecule has 0 spiro atoms. The molecule has 0 saturated carbocycles. The highest BCUT2D eigenvalue weighted by Gasteiger charge is 2.12. The molecule has 2 rings (SSSR count). The highest BCUT2D eigenvalue weighted by Crippen LogP contribution is 2.31. The number of benzene rings is 2. The van der Waals surface area contributed by atoms with Crippen molar-refractivity contribution in [3.8, 4) is 11.5 Å². The zero-order chi connectivity index (χ0) is 15.4. The van der Waals surface area contributed by atoms with Crippen molar-refractivity contribution in [3.05, 3.63) is 63.5 Å². The van der Waals surface area contributed by atoms with Crippen LogP contribution in [0.5, 0.6) is 11.5 Å². The van der Waals surface area contributed by atoms with Crippen molar-refractivity contribution >= 4 is 5.69 Å². The summed E-state index contributed by atoms with van der Waals surface area (Å²) < 4.78 is 19.0. The molecule has 1 N–H and O–H groups in total. The van der Waals surface area contributed by atoms with Crippen LogP contribution in [0.3, 0.4) is 0 Å². The first-order valence-electron chi connectivity index (χ1n) is 6.37. The van der Waals surface area contributed by atoms with Crippen molar-refractivity contribution < 1.29 is 14.1 Å². The average Bonchev–Trinajstić information content (AvgIpc) is 2.44. The lowest BCUT2D eigenvalue weighted by Crippen LogP contribution is -2.07. The van der Waals surface area contributed by atoms with Crippen LogP contribution < -0.4 is 10.1 Å². The molecule has 21 heavy (non-hydrogen) atoms. The second-order valence-electron chi connectivity index (χ2n) is 4.59. The van der Waals surface area contributed by atoms with E-state index in [-0.39, 0.29) is 11.5 Å². The fourth-order valence-electron chi connectivity index (χ4n) is 1.91. The zero-order valence-corrected chi connectivity index (χ0v) is 11.7. The minimum atomic E-state index is -0.481. The van der Waals surface area contributed by atoms with Crippen LogP contribution in [-0.2, 0) is 6.54 Å². The standard InChI is InChI=1S/C15H15FN2O3/c1-10-3-5-13(18(19)20)8-15(10)21-14-6-4-12(16)7-11(14)9-17-2/h3-8,17H,9H2,1-2H3. The van der Waals surface area contributed by atoms with Crippen molar-refractivity contribution in [2.75, 3.05) is 7.05 Å². The van der Waals surface area contributed by atoms with Crippen molar-refractivity contribution in [3.63, 3.8) is 0 Å². The number of nitrogens with one attached hydrogen (secondary N) is 1. The number of ether oxygens (including phenoxy) is 1. The van der Waals surface area contributed by atoms with E-state index in [1.165, 1.54) is 30.3 Å². The number of nitro benzene ring substituents is 1. The topological polar surface area (TPSA) is 64.4 Å². The molecule has 0 bridgehead atoms. The van der Waals surface area contributed by atoms with Crippen molar-refractivity contribution in [2.45, 2.75) is 13.5 Å². The second kappa shape index (κ2) is 6.32. The van der Waals surface area contributed by atoms with E-state index in [1.54, 1.807) is 20.0 Å². The van der Waals surface area contributed by atoms with Gasteiger partial charge < -0.3 is 10.1 Å². The molecule has 2 aromatic carbocycles. The Labute approximate surface area is 121 Å². The van der Waals surface area contributed by atoms with Gasteiger partial charge >= 0.3 is 0 Å². The summed E-state index contributed by atoms with van der Waals surface area (Å²) in [5.41, 5.74) is 1.36. The first-order chi connectivity index (χ1) is 10.0. The third-order valence-corrected chi connectivity index (χ3v) is 2.99. The quantitative estimate of drug-likeness (QED) is 0.675. The summed E-state index contributed by atoms with van der Waals surface area (Å²) in [6.07, 6.45) is 0. The number of nitrogens with zero attached hydrogens (tertiary/aromatic N) is 1. The lowest BCUT2D eigenvalue weighted by Gasteiger charge is -2.12. The Morgan fingerprint density at radius 2 is 2.00 bits per heavy atom. The van der Waals surface area contributed by atoms with E-state index in [9.17, 15) is 14.5 Å². The first kappa shape index (κ1) is 14.9. The summed E-state index contributed by atoms with van der Waals surface area (Å²) in [5.74, 6) is 0.492. The van der Waals surface area contributed by atoms with Gasteiger partial charge in [0.05, 0.1) is 11.0 Å². The summed E-state index contributed by atoms with van der Waals surface area (Å²) in [7, 11) is 1.74. The van der Waals surface area contributed by atoms with Gasteiger partial charge in [-0.3, -0.25) is 10.1 Å². The van der Waals surface area contributed by atoms with Gasteiger partial charge in [-0.2, -0.15) is 0 Å². The highest BCUT2D eigenvalue weighted by atomic mass is 19.1. The van der Waals surface area contributed by atoms with Gasteiger partial charge in [0, 0.05) is 18.2 Å². The Morgan fingerprint density at radius 3 is 2.67 bits per heavy atom. The Balaban J connectivity index is 2.37. The highest BCUT2D eigenvalue weighted by molar-refractivity contribution is 5.47. The van der Waals surface area contributed by atoms with Crippen LogP contribution in [0.25, 0.3) is 0 Å². The van der Waals surface area contributed by atoms with Gasteiger partial charge in [-0.1, -0.05) is 0 Å². The van der Waals surface area contributed by atoms with Gasteiger partial charge in [0.25, 0.3) is 5.69 Å². The number of non-ortho nitro benzene ring substituents is 1. The number of hydrogen-bond donors (Lipinski definition) is 1. The van der Waals surface area contributed by atoms with Crippen LogP contribution in [0, 0.1) is 22.9 Å². The van der Waals surface area contributed by atoms with Crippen molar-refractivity contribution in [2.24, 2.45) is 0 Å². The fourth-order valence-corrected chi connectivity index (χ4v) is 1.91. The molecule has 2 aromatic rings. The molecule has 0 aliphatic carbocycles. The molecule has 0 aromatic heterocycles. The first-order valence-corrected chi connectivity index (χ1v) is 6.37. The van der Waals surface area contributed by atoms with Gasteiger partial charge in [-0.25, -0.2) is 4.39 Å². The van der Waals surface area contributed by atoms with Crippen LogP contribution in [0.2, 0.25) is 0 Å². The van der Waals surface area contributed by atoms with Gasteiger partial charge in [0.2, 0.25) is 0 Å². The Kier molecular flexibility index (Phi) is 4.49. The molecule has 0 amide bonds. The molecule has 110 valence electrons. The Hall–Kier alpha value is -2.47. The van der Waals surface area contributed by atoms with Crippen LogP contribution in [0.4, 0.5) is 10.1 Å². The van der Waals surface area contributed by atoms with E-state index in [0.29, 0.717) is 23.6 Å². The van der Waals surface area contributed by atoms with E-state index >= 15 is 0 Å². The molecule has 0 heterocycles. The molecule has 0 atom stereocenters. The minimum Gasteiger partial charge on any atom is -0.456 e. The maximum absolute atomic E-state index is 13.3. The summed E-state index contributed by atoms with van der Waals surface area (Å²) in [6.45, 7) is 2.22. The molecule has 6 heteroatoms. The van der Waals surface area contributed by atoms with E-state index in [0.717, 1.165) is 5.56 Å². The molecular formula is C15H15FN2O3. The Morgan fingerprint density at radius 1 is 1.24 bits per heavy atom. The third-order valence-electron chi connectivity index (χ3n) is 2.99.